The lowest BCUT2D eigenvalue weighted by molar-refractivity contribution is -0.0688. The van der Waals surface area contributed by atoms with E-state index in [1.807, 2.05) is 0 Å². The van der Waals surface area contributed by atoms with Crippen molar-refractivity contribution in [1.82, 2.24) is 0 Å². The van der Waals surface area contributed by atoms with E-state index >= 15 is 0 Å². The minimum Gasteiger partial charge on any atom is -0.382 e. The van der Waals surface area contributed by atoms with E-state index in [9.17, 15) is 0 Å². The molecule has 66 valence electrons. The molecule has 0 bridgehead atoms. The molecule has 1 aliphatic heterocycles. The molecule has 0 aromatic carbocycles. The zero-order valence-electron chi connectivity index (χ0n) is 6.75. The molecule has 0 spiro atoms. The third-order valence-electron chi connectivity index (χ3n) is 1.30. The normalized spacial score (nSPS) is 22.1. The summed E-state index contributed by atoms with van der Waals surface area (Å²) in [5, 5.41) is 0. The molecule has 0 N–H and O–H groups in total. The van der Waals surface area contributed by atoms with Crippen molar-refractivity contribution in [3.63, 3.8) is 0 Å². The first-order chi connectivity index (χ1) is 5.43. The van der Waals surface area contributed by atoms with Gasteiger partial charge in [0.1, 0.15) is 12.9 Å². The number of epoxide rings is 1. The second-order valence-corrected chi connectivity index (χ2v) is 2.35. The maximum Gasteiger partial charge on any atom is 0.146 e. The van der Waals surface area contributed by atoms with Gasteiger partial charge in [0.05, 0.1) is 26.4 Å². The van der Waals surface area contributed by atoms with Crippen LogP contribution in [0, 0.1) is 0 Å². The van der Waals surface area contributed by atoms with Gasteiger partial charge in [0.2, 0.25) is 0 Å². The van der Waals surface area contributed by atoms with Gasteiger partial charge in [0.15, 0.2) is 0 Å². The van der Waals surface area contributed by atoms with Crippen molar-refractivity contribution in [1.29, 1.82) is 0 Å². The maximum atomic E-state index is 5.10. The van der Waals surface area contributed by atoms with Gasteiger partial charge in [-0.05, 0) is 0 Å². The second-order valence-electron chi connectivity index (χ2n) is 2.35. The number of hydrogen-bond donors (Lipinski definition) is 0. The second kappa shape index (κ2) is 5.49. The average Bonchev–Trinajstić information content (AvgIpc) is 2.80. The zero-order chi connectivity index (χ0) is 7.94. The van der Waals surface area contributed by atoms with Gasteiger partial charge in [-0.2, -0.15) is 0 Å². The van der Waals surface area contributed by atoms with E-state index in [4.69, 9.17) is 18.9 Å². The van der Waals surface area contributed by atoms with Crippen LogP contribution in [0.25, 0.3) is 0 Å². The maximum absolute atomic E-state index is 5.10. The molecule has 11 heavy (non-hydrogen) atoms. The SMILES string of the molecule is COCCOCOC[C@@H]1CO1. The molecule has 1 rings (SSSR count). The van der Waals surface area contributed by atoms with Crippen LogP contribution >= 0.6 is 0 Å². The topological polar surface area (TPSA) is 40.2 Å². The molecule has 1 fully saturated rings. The Morgan fingerprint density at radius 1 is 1.36 bits per heavy atom. The lowest BCUT2D eigenvalue weighted by Gasteiger charge is -2.02. The Labute approximate surface area is 66.4 Å². The molecular weight excluding hydrogens is 148 g/mol. The largest absolute Gasteiger partial charge is 0.382 e. The van der Waals surface area contributed by atoms with Crippen LogP contribution in [0.5, 0.6) is 0 Å². The third-order valence-corrected chi connectivity index (χ3v) is 1.30. The van der Waals surface area contributed by atoms with Crippen molar-refractivity contribution in [2.75, 3.05) is 40.3 Å². The molecule has 1 saturated heterocycles. The molecule has 1 aliphatic rings. The van der Waals surface area contributed by atoms with Crippen LogP contribution in [0.3, 0.4) is 0 Å². The Balaban J connectivity index is 1.66. The van der Waals surface area contributed by atoms with Gasteiger partial charge >= 0.3 is 0 Å². The highest BCUT2D eigenvalue weighted by molar-refractivity contribution is 4.66. The summed E-state index contributed by atoms with van der Waals surface area (Å²) < 4.78 is 19.9. The van der Waals surface area contributed by atoms with Crippen molar-refractivity contribution in [2.45, 2.75) is 6.10 Å². The fourth-order valence-corrected chi connectivity index (χ4v) is 0.604. The molecular formula is C7H14O4. The Morgan fingerprint density at radius 2 is 2.18 bits per heavy atom. The van der Waals surface area contributed by atoms with Gasteiger partial charge in [0.25, 0.3) is 0 Å². The van der Waals surface area contributed by atoms with E-state index < -0.39 is 0 Å². The Kier molecular flexibility index (Phi) is 4.45. The van der Waals surface area contributed by atoms with Gasteiger partial charge in [-0.3, -0.25) is 0 Å². The molecule has 4 nitrogen and oxygen atoms in total. The summed E-state index contributed by atoms with van der Waals surface area (Å²) in [5.74, 6) is 0. The van der Waals surface area contributed by atoms with Crippen molar-refractivity contribution < 1.29 is 18.9 Å². The molecule has 1 atom stereocenters. The summed E-state index contributed by atoms with van der Waals surface area (Å²) in [7, 11) is 1.64. The molecule has 4 heteroatoms. The van der Waals surface area contributed by atoms with Crippen LogP contribution in [0.4, 0.5) is 0 Å². The van der Waals surface area contributed by atoms with E-state index in [0.29, 0.717) is 32.7 Å². The summed E-state index contributed by atoms with van der Waals surface area (Å²) in [5.41, 5.74) is 0. The number of ether oxygens (including phenoxy) is 4. The van der Waals surface area contributed by atoms with Crippen molar-refractivity contribution >= 4 is 0 Å². The standard InChI is InChI=1S/C7H14O4/c1-8-2-3-9-6-10-4-7-5-11-7/h7H,2-6H2,1H3/t7-/m1/s1. The molecule has 0 aromatic heterocycles. The summed E-state index contributed by atoms with van der Waals surface area (Å²) in [6.07, 6.45) is 0.320. The summed E-state index contributed by atoms with van der Waals surface area (Å²) in [6, 6.07) is 0. The summed E-state index contributed by atoms with van der Waals surface area (Å²) in [4.78, 5) is 0. The minimum absolute atomic E-state index is 0.320. The summed E-state index contributed by atoms with van der Waals surface area (Å²) in [6.45, 7) is 3.01. The van der Waals surface area contributed by atoms with Gasteiger partial charge in [-0.15, -0.1) is 0 Å². The smallest absolute Gasteiger partial charge is 0.146 e. The first-order valence-electron chi connectivity index (χ1n) is 3.69. The first kappa shape index (κ1) is 8.93. The number of hydrogen-bond acceptors (Lipinski definition) is 4. The van der Waals surface area contributed by atoms with Crippen LogP contribution in [0.15, 0.2) is 0 Å². The summed E-state index contributed by atoms with van der Waals surface area (Å²) >= 11 is 0. The molecule has 0 radical (unpaired) electrons. The Morgan fingerprint density at radius 3 is 2.82 bits per heavy atom. The zero-order valence-corrected chi connectivity index (χ0v) is 6.75. The fourth-order valence-electron chi connectivity index (χ4n) is 0.604. The van der Waals surface area contributed by atoms with Crippen molar-refractivity contribution in [3.8, 4) is 0 Å². The predicted octanol–water partition coefficient (Wildman–Crippen LogP) is 0.0223. The first-order valence-corrected chi connectivity index (χ1v) is 3.69. The van der Waals surface area contributed by atoms with Crippen LogP contribution in [0.1, 0.15) is 0 Å². The van der Waals surface area contributed by atoms with Gasteiger partial charge < -0.3 is 18.9 Å². The number of methoxy groups -OCH3 is 1. The highest BCUT2D eigenvalue weighted by Gasteiger charge is 2.21. The minimum atomic E-state index is 0.320. The lowest BCUT2D eigenvalue weighted by atomic mass is 10.5. The van der Waals surface area contributed by atoms with E-state index in [-0.39, 0.29) is 0 Å². The average molecular weight is 162 g/mol. The van der Waals surface area contributed by atoms with Crippen LogP contribution < -0.4 is 0 Å². The quantitative estimate of drug-likeness (QED) is 0.300. The molecule has 0 saturated carbocycles. The lowest BCUT2D eigenvalue weighted by Crippen LogP contribution is -2.08. The monoisotopic (exact) mass is 162 g/mol. The van der Waals surface area contributed by atoms with E-state index in [2.05, 4.69) is 0 Å². The Hall–Kier alpha value is -0.160. The number of rotatable bonds is 7. The highest BCUT2D eigenvalue weighted by atomic mass is 16.7. The molecule has 0 aromatic rings. The molecule has 1 heterocycles. The van der Waals surface area contributed by atoms with E-state index in [0.717, 1.165) is 6.61 Å². The van der Waals surface area contributed by atoms with Gasteiger partial charge in [0, 0.05) is 7.11 Å². The van der Waals surface area contributed by atoms with Gasteiger partial charge in [-0.25, -0.2) is 0 Å². The van der Waals surface area contributed by atoms with Crippen LogP contribution in [-0.2, 0) is 18.9 Å². The highest BCUT2D eigenvalue weighted by Crippen LogP contribution is 2.07. The van der Waals surface area contributed by atoms with Gasteiger partial charge in [-0.1, -0.05) is 0 Å². The van der Waals surface area contributed by atoms with E-state index in [1.54, 1.807) is 7.11 Å². The molecule has 0 unspecified atom stereocenters. The molecule has 0 aliphatic carbocycles. The van der Waals surface area contributed by atoms with Crippen LogP contribution in [-0.4, -0.2) is 46.4 Å². The van der Waals surface area contributed by atoms with Crippen molar-refractivity contribution in [3.05, 3.63) is 0 Å². The third kappa shape index (κ3) is 5.15. The van der Waals surface area contributed by atoms with E-state index in [1.165, 1.54) is 0 Å². The fraction of sp³-hybridized carbons (Fsp3) is 1.00. The van der Waals surface area contributed by atoms with Crippen molar-refractivity contribution in [2.24, 2.45) is 0 Å². The Bertz CT molecular complexity index is 92.4. The predicted molar refractivity (Wildman–Crippen MR) is 38.4 cm³/mol. The molecule has 0 amide bonds. The van der Waals surface area contributed by atoms with Crippen LogP contribution in [0.2, 0.25) is 0 Å².